The summed E-state index contributed by atoms with van der Waals surface area (Å²) < 4.78 is 45.8. The lowest BCUT2D eigenvalue weighted by atomic mass is 9.91. The van der Waals surface area contributed by atoms with Crippen LogP contribution in [0.1, 0.15) is 29.0 Å². The molecule has 0 unspecified atom stereocenters. The summed E-state index contributed by atoms with van der Waals surface area (Å²) in [5.41, 5.74) is -0.608. The monoisotopic (exact) mass is 453 g/mol. The Balaban J connectivity index is 1.76. The summed E-state index contributed by atoms with van der Waals surface area (Å²) in [5, 5.41) is 12.6. The van der Waals surface area contributed by atoms with Crippen LogP contribution in [-0.4, -0.2) is 45.8 Å². The first-order valence-electron chi connectivity index (χ1n) is 9.59. The average molecular weight is 454 g/mol. The van der Waals surface area contributed by atoms with Gasteiger partial charge in [0.1, 0.15) is 0 Å². The lowest BCUT2D eigenvalue weighted by Gasteiger charge is -2.36. The molecule has 1 aliphatic rings. The molecule has 4 rings (SSSR count). The van der Waals surface area contributed by atoms with E-state index in [1.807, 2.05) is 0 Å². The summed E-state index contributed by atoms with van der Waals surface area (Å²) in [5.74, 6) is -0.465. The number of nitrogens with zero attached hydrogens (tertiary/aromatic N) is 2. The normalized spacial score (nSPS) is 16.4. The molecule has 3 heterocycles. The van der Waals surface area contributed by atoms with E-state index in [1.54, 1.807) is 28.8 Å². The Labute approximate surface area is 180 Å². The minimum atomic E-state index is -4.52. The number of halogens is 4. The molecule has 0 radical (unpaired) electrons. The summed E-state index contributed by atoms with van der Waals surface area (Å²) in [4.78, 5) is 17.5. The SMILES string of the molecule is O=C(NC1(CO)CCOCC1)c1nc(-c2ccc(C(F)(F)F)cc2Cl)c2ccccn12. The molecule has 1 amide bonds. The number of fused-ring (bicyclic) bond motifs is 1. The van der Waals surface area contributed by atoms with Crippen LogP contribution >= 0.6 is 11.6 Å². The maximum Gasteiger partial charge on any atom is 0.416 e. The molecule has 1 aromatic carbocycles. The first kappa shape index (κ1) is 21.6. The molecule has 164 valence electrons. The van der Waals surface area contributed by atoms with Gasteiger partial charge in [-0.3, -0.25) is 9.20 Å². The number of pyridine rings is 1. The Bertz CT molecular complexity index is 1120. The number of carbonyl (C=O) groups is 1. The Morgan fingerprint density at radius 3 is 2.65 bits per heavy atom. The zero-order valence-electron chi connectivity index (χ0n) is 16.2. The Morgan fingerprint density at radius 1 is 1.26 bits per heavy atom. The van der Waals surface area contributed by atoms with Crippen LogP contribution in [0.4, 0.5) is 13.2 Å². The maximum atomic E-state index is 13.1. The minimum absolute atomic E-state index is 0.0425. The van der Waals surface area contributed by atoms with Gasteiger partial charge in [0.15, 0.2) is 0 Å². The first-order chi connectivity index (χ1) is 14.7. The van der Waals surface area contributed by atoms with Crippen molar-refractivity contribution >= 4 is 23.0 Å². The summed E-state index contributed by atoms with van der Waals surface area (Å²) in [7, 11) is 0. The topological polar surface area (TPSA) is 75.9 Å². The minimum Gasteiger partial charge on any atom is -0.394 e. The number of aliphatic hydroxyl groups excluding tert-OH is 1. The van der Waals surface area contributed by atoms with E-state index in [4.69, 9.17) is 16.3 Å². The van der Waals surface area contributed by atoms with Gasteiger partial charge in [0.25, 0.3) is 5.91 Å². The number of alkyl halides is 3. The van der Waals surface area contributed by atoms with Crippen molar-refractivity contribution in [3.63, 3.8) is 0 Å². The van der Waals surface area contributed by atoms with Gasteiger partial charge in [-0.1, -0.05) is 23.7 Å². The van der Waals surface area contributed by atoms with E-state index in [0.717, 1.165) is 12.1 Å². The number of hydrogen-bond acceptors (Lipinski definition) is 4. The number of hydrogen-bond donors (Lipinski definition) is 2. The molecule has 0 bridgehead atoms. The second-order valence-electron chi connectivity index (χ2n) is 7.44. The zero-order chi connectivity index (χ0) is 22.2. The van der Waals surface area contributed by atoms with Crippen LogP contribution < -0.4 is 5.32 Å². The fourth-order valence-electron chi connectivity index (χ4n) is 3.66. The predicted octanol–water partition coefficient (Wildman–Crippen LogP) is 3.94. The third-order valence-electron chi connectivity index (χ3n) is 5.43. The van der Waals surface area contributed by atoms with Gasteiger partial charge in [-0.15, -0.1) is 0 Å². The van der Waals surface area contributed by atoms with Crippen molar-refractivity contribution in [1.29, 1.82) is 0 Å². The highest BCUT2D eigenvalue weighted by Gasteiger charge is 2.35. The number of carbonyl (C=O) groups excluding carboxylic acids is 1. The highest BCUT2D eigenvalue weighted by atomic mass is 35.5. The molecule has 0 aliphatic carbocycles. The number of amides is 1. The summed E-state index contributed by atoms with van der Waals surface area (Å²) in [6, 6.07) is 8.15. The Hall–Kier alpha value is -2.62. The van der Waals surface area contributed by atoms with Crippen molar-refractivity contribution < 1.29 is 27.8 Å². The molecule has 1 saturated heterocycles. The highest BCUT2D eigenvalue weighted by molar-refractivity contribution is 6.33. The number of aliphatic hydroxyl groups is 1. The lowest BCUT2D eigenvalue weighted by Crippen LogP contribution is -2.54. The van der Waals surface area contributed by atoms with Crippen LogP contribution in [0.3, 0.4) is 0 Å². The third-order valence-corrected chi connectivity index (χ3v) is 5.75. The van der Waals surface area contributed by atoms with Gasteiger partial charge in [-0.25, -0.2) is 4.98 Å². The molecular weight excluding hydrogens is 435 g/mol. The van der Waals surface area contributed by atoms with Crippen molar-refractivity contribution in [2.75, 3.05) is 19.8 Å². The van der Waals surface area contributed by atoms with Gasteiger partial charge in [0, 0.05) is 25.0 Å². The summed E-state index contributed by atoms with van der Waals surface area (Å²) in [6.45, 7) is 0.578. The van der Waals surface area contributed by atoms with E-state index in [9.17, 15) is 23.1 Å². The van der Waals surface area contributed by atoms with Crippen molar-refractivity contribution in [3.05, 3.63) is 59.0 Å². The molecule has 0 spiro atoms. The number of rotatable bonds is 4. The van der Waals surface area contributed by atoms with Crippen LogP contribution in [0, 0.1) is 0 Å². The van der Waals surface area contributed by atoms with Gasteiger partial charge in [0.2, 0.25) is 5.82 Å². The lowest BCUT2D eigenvalue weighted by molar-refractivity contribution is -0.137. The van der Waals surface area contributed by atoms with Gasteiger partial charge >= 0.3 is 6.18 Å². The smallest absolute Gasteiger partial charge is 0.394 e. The van der Waals surface area contributed by atoms with Crippen molar-refractivity contribution in [2.45, 2.75) is 24.6 Å². The number of ether oxygens (including phenoxy) is 1. The van der Waals surface area contributed by atoms with Crippen molar-refractivity contribution in [2.24, 2.45) is 0 Å². The number of nitrogens with one attached hydrogen (secondary N) is 1. The van der Waals surface area contributed by atoms with Crippen LogP contribution in [0.5, 0.6) is 0 Å². The first-order valence-corrected chi connectivity index (χ1v) is 9.97. The second kappa shape index (κ2) is 8.14. The standard InChI is InChI=1S/C21H19ClF3N3O3/c22-15-11-13(21(23,24)25)4-5-14(15)17-16-3-1-2-8-28(16)18(26-17)19(30)27-20(12-29)6-9-31-10-7-20/h1-5,8,11,29H,6-7,9-10,12H2,(H,27,30). The molecule has 6 nitrogen and oxygen atoms in total. The summed E-state index contributed by atoms with van der Waals surface area (Å²) >= 11 is 6.16. The van der Waals surface area contributed by atoms with Gasteiger partial charge < -0.3 is 15.2 Å². The molecule has 2 aromatic heterocycles. The van der Waals surface area contributed by atoms with Crippen molar-refractivity contribution in [1.82, 2.24) is 14.7 Å². The van der Waals surface area contributed by atoms with Crippen LogP contribution in [0.15, 0.2) is 42.6 Å². The van der Waals surface area contributed by atoms with Gasteiger partial charge in [0.05, 0.1) is 33.9 Å². The van der Waals surface area contributed by atoms with E-state index in [1.165, 1.54) is 6.07 Å². The Morgan fingerprint density at radius 2 is 2.00 bits per heavy atom. The molecule has 1 fully saturated rings. The number of aromatic nitrogens is 2. The average Bonchev–Trinajstić information content (AvgIpc) is 3.13. The summed E-state index contributed by atoms with van der Waals surface area (Å²) in [6.07, 6.45) is -1.98. The van der Waals surface area contributed by atoms with E-state index in [2.05, 4.69) is 10.3 Å². The van der Waals surface area contributed by atoms with E-state index < -0.39 is 23.2 Å². The number of imidazole rings is 1. The van der Waals surface area contributed by atoms with Gasteiger partial charge in [-0.2, -0.15) is 13.2 Å². The quantitative estimate of drug-likeness (QED) is 0.627. The number of benzene rings is 1. The highest BCUT2D eigenvalue weighted by Crippen LogP contribution is 2.37. The maximum absolute atomic E-state index is 13.1. The van der Waals surface area contributed by atoms with Gasteiger partial charge in [-0.05, 0) is 37.1 Å². The molecule has 0 atom stereocenters. The Kier molecular flexibility index (Phi) is 5.67. The molecule has 3 aromatic rings. The molecule has 1 aliphatic heterocycles. The van der Waals surface area contributed by atoms with E-state index >= 15 is 0 Å². The van der Waals surface area contributed by atoms with Crippen molar-refractivity contribution in [3.8, 4) is 11.3 Å². The third kappa shape index (κ3) is 4.13. The molecular formula is C21H19ClF3N3O3. The van der Waals surface area contributed by atoms with Crippen LogP contribution in [0.25, 0.3) is 16.8 Å². The molecule has 2 N–H and O–H groups in total. The molecule has 10 heteroatoms. The van der Waals surface area contributed by atoms with E-state index in [0.29, 0.717) is 31.6 Å². The zero-order valence-corrected chi connectivity index (χ0v) is 17.0. The molecule has 31 heavy (non-hydrogen) atoms. The largest absolute Gasteiger partial charge is 0.416 e. The van der Waals surface area contributed by atoms with Crippen LogP contribution in [0.2, 0.25) is 5.02 Å². The fourth-order valence-corrected chi connectivity index (χ4v) is 3.93. The molecule has 0 saturated carbocycles. The second-order valence-corrected chi connectivity index (χ2v) is 7.84. The van der Waals surface area contributed by atoms with Crippen LogP contribution in [-0.2, 0) is 10.9 Å². The fraction of sp³-hybridized carbons (Fsp3) is 0.333. The van der Waals surface area contributed by atoms with E-state index in [-0.39, 0.29) is 28.7 Å². The predicted molar refractivity (Wildman–Crippen MR) is 108 cm³/mol.